The van der Waals surface area contributed by atoms with Gasteiger partial charge in [0.1, 0.15) is 24.7 Å². The zero-order valence-corrected chi connectivity index (χ0v) is 17.9. The lowest BCUT2D eigenvalue weighted by Gasteiger charge is -2.18. The van der Waals surface area contributed by atoms with E-state index >= 15 is 0 Å². The normalized spacial score (nSPS) is 12.4. The number of nitrogens with one attached hydrogen (secondary N) is 1. The molecule has 1 aliphatic heterocycles. The number of methoxy groups -OCH3 is 1. The highest BCUT2D eigenvalue weighted by atomic mass is 16.6. The second-order valence-electron chi connectivity index (χ2n) is 7.41. The van der Waals surface area contributed by atoms with Crippen LogP contribution in [0.4, 0.5) is 0 Å². The van der Waals surface area contributed by atoms with E-state index in [1.807, 2.05) is 42.5 Å². The Labute approximate surface area is 189 Å². The fraction of sp³-hybridized carbons (Fsp3) is 0.208. The van der Waals surface area contributed by atoms with Crippen molar-refractivity contribution in [3.63, 3.8) is 0 Å². The summed E-state index contributed by atoms with van der Waals surface area (Å²) >= 11 is 0. The van der Waals surface area contributed by atoms with Crippen LogP contribution in [0.25, 0.3) is 22.6 Å². The van der Waals surface area contributed by atoms with Crippen molar-refractivity contribution in [2.75, 3.05) is 20.3 Å². The van der Waals surface area contributed by atoms with E-state index in [2.05, 4.69) is 15.6 Å². The van der Waals surface area contributed by atoms with Crippen molar-refractivity contribution in [1.82, 2.24) is 15.6 Å². The molecule has 0 unspecified atom stereocenters. The average molecular weight is 447 g/mol. The number of nitrogens with zero attached hydrogens (tertiary/aromatic N) is 2. The van der Waals surface area contributed by atoms with Gasteiger partial charge in [-0.05, 0) is 42.5 Å². The Morgan fingerprint density at radius 1 is 0.879 bits per heavy atom. The van der Waals surface area contributed by atoms with Crippen molar-refractivity contribution >= 4 is 5.91 Å². The Hall–Kier alpha value is -4.27. The Morgan fingerprint density at radius 3 is 2.33 bits per heavy atom. The summed E-state index contributed by atoms with van der Waals surface area (Å²) in [4.78, 5) is 12.4. The fourth-order valence-corrected chi connectivity index (χ4v) is 3.43. The number of carbonyl (C=O) groups excluding carboxylic acids is 1. The summed E-state index contributed by atoms with van der Waals surface area (Å²) < 4.78 is 27.1. The van der Waals surface area contributed by atoms with Crippen LogP contribution in [0, 0.1) is 0 Å². The molecule has 0 aliphatic carbocycles. The van der Waals surface area contributed by atoms with E-state index in [-0.39, 0.29) is 18.9 Å². The SMILES string of the molecule is COc1ccc(-c2cc(CNC(=O)Cc3cc(-c4ccc5c(c4)OCCO5)on3)no2)cc1. The van der Waals surface area contributed by atoms with Gasteiger partial charge in [0.15, 0.2) is 23.0 Å². The molecule has 3 heterocycles. The van der Waals surface area contributed by atoms with Crippen LogP contribution in [-0.2, 0) is 17.8 Å². The highest BCUT2D eigenvalue weighted by Gasteiger charge is 2.16. The van der Waals surface area contributed by atoms with Crippen molar-refractivity contribution in [1.29, 1.82) is 0 Å². The molecule has 0 spiro atoms. The first-order valence-corrected chi connectivity index (χ1v) is 10.4. The second kappa shape index (κ2) is 9.07. The molecule has 5 rings (SSSR count). The van der Waals surface area contributed by atoms with E-state index in [1.165, 1.54) is 0 Å². The minimum absolute atomic E-state index is 0.0806. The number of benzene rings is 2. The van der Waals surface area contributed by atoms with Crippen LogP contribution in [-0.4, -0.2) is 36.5 Å². The van der Waals surface area contributed by atoms with Crippen molar-refractivity contribution in [3.05, 3.63) is 66.0 Å². The van der Waals surface area contributed by atoms with Gasteiger partial charge in [-0.3, -0.25) is 4.79 Å². The lowest BCUT2D eigenvalue weighted by Crippen LogP contribution is -2.24. The van der Waals surface area contributed by atoms with Crippen LogP contribution < -0.4 is 19.5 Å². The van der Waals surface area contributed by atoms with Crippen LogP contribution in [0.2, 0.25) is 0 Å². The summed E-state index contributed by atoms with van der Waals surface area (Å²) in [6, 6.07) is 16.5. The first-order chi connectivity index (χ1) is 16.2. The van der Waals surface area contributed by atoms with Gasteiger partial charge >= 0.3 is 0 Å². The zero-order chi connectivity index (χ0) is 22.6. The standard InChI is InChI=1S/C24H21N3O6/c1-29-19-5-2-15(3-6-19)21-12-18(27-32-21)14-25-24(28)13-17-11-22(33-26-17)16-4-7-20-23(10-16)31-9-8-30-20/h2-7,10-12H,8-9,13-14H2,1H3,(H,25,28). The molecule has 168 valence electrons. The minimum Gasteiger partial charge on any atom is -0.497 e. The highest BCUT2D eigenvalue weighted by molar-refractivity contribution is 5.78. The lowest BCUT2D eigenvalue weighted by atomic mass is 10.1. The molecule has 0 saturated heterocycles. The summed E-state index contributed by atoms with van der Waals surface area (Å²) in [6.45, 7) is 1.28. The van der Waals surface area contributed by atoms with Crippen LogP contribution in [0.3, 0.4) is 0 Å². The lowest BCUT2D eigenvalue weighted by molar-refractivity contribution is -0.120. The van der Waals surface area contributed by atoms with E-state index in [9.17, 15) is 4.79 Å². The van der Waals surface area contributed by atoms with Crippen LogP contribution in [0.5, 0.6) is 17.2 Å². The van der Waals surface area contributed by atoms with Gasteiger partial charge in [0, 0.05) is 23.3 Å². The van der Waals surface area contributed by atoms with Gasteiger partial charge in [-0.15, -0.1) is 0 Å². The number of amides is 1. The maximum absolute atomic E-state index is 12.4. The Kier molecular flexibility index (Phi) is 5.67. The van der Waals surface area contributed by atoms with E-state index < -0.39 is 0 Å². The maximum atomic E-state index is 12.4. The number of hydrogen-bond acceptors (Lipinski definition) is 8. The molecule has 2 aromatic carbocycles. The molecule has 0 fully saturated rings. The smallest absolute Gasteiger partial charge is 0.226 e. The largest absolute Gasteiger partial charge is 0.497 e. The van der Waals surface area contributed by atoms with Crippen molar-refractivity contribution in [3.8, 4) is 39.9 Å². The summed E-state index contributed by atoms with van der Waals surface area (Å²) in [6.07, 6.45) is 0.0806. The summed E-state index contributed by atoms with van der Waals surface area (Å²) in [5.41, 5.74) is 2.81. The molecule has 1 N–H and O–H groups in total. The third kappa shape index (κ3) is 4.67. The summed E-state index contributed by atoms with van der Waals surface area (Å²) in [5.74, 6) is 3.09. The average Bonchev–Trinajstić information content (AvgIpc) is 3.52. The molecule has 9 heteroatoms. The molecule has 9 nitrogen and oxygen atoms in total. The monoisotopic (exact) mass is 447 g/mol. The molecule has 2 aromatic heterocycles. The molecular weight excluding hydrogens is 426 g/mol. The third-order valence-corrected chi connectivity index (χ3v) is 5.13. The van der Waals surface area contributed by atoms with Gasteiger partial charge in [0.2, 0.25) is 5.91 Å². The van der Waals surface area contributed by atoms with Gasteiger partial charge < -0.3 is 28.6 Å². The summed E-state index contributed by atoms with van der Waals surface area (Å²) in [5, 5.41) is 10.8. The highest BCUT2D eigenvalue weighted by Crippen LogP contribution is 2.34. The summed E-state index contributed by atoms with van der Waals surface area (Å²) in [7, 11) is 1.61. The number of fused-ring (bicyclic) bond motifs is 1. The van der Waals surface area contributed by atoms with Crippen molar-refractivity contribution in [2.45, 2.75) is 13.0 Å². The number of carbonyl (C=O) groups is 1. The molecule has 0 atom stereocenters. The van der Waals surface area contributed by atoms with Crippen LogP contribution in [0.1, 0.15) is 11.4 Å². The first kappa shape index (κ1) is 20.6. The number of ether oxygens (including phenoxy) is 3. The molecule has 1 amide bonds. The quantitative estimate of drug-likeness (QED) is 0.457. The van der Waals surface area contributed by atoms with E-state index in [0.29, 0.717) is 47.6 Å². The molecule has 0 bridgehead atoms. The van der Waals surface area contributed by atoms with Crippen LogP contribution >= 0.6 is 0 Å². The second-order valence-corrected chi connectivity index (χ2v) is 7.41. The van der Waals surface area contributed by atoms with Gasteiger partial charge in [0.25, 0.3) is 0 Å². The molecule has 33 heavy (non-hydrogen) atoms. The predicted molar refractivity (Wildman–Crippen MR) is 117 cm³/mol. The first-order valence-electron chi connectivity index (χ1n) is 10.4. The third-order valence-electron chi connectivity index (χ3n) is 5.13. The zero-order valence-electron chi connectivity index (χ0n) is 17.9. The Morgan fingerprint density at radius 2 is 1.55 bits per heavy atom. The Balaban J connectivity index is 1.17. The van der Waals surface area contributed by atoms with E-state index in [4.69, 9.17) is 23.3 Å². The molecule has 4 aromatic rings. The fourth-order valence-electron chi connectivity index (χ4n) is 3.43. The molecule has 0 radical (unpaired) electrons. The number of aromatic nitrogens is 2. The number of rotatable bonds is 7. The maximum Gasteiger partial charge on any atom is 0.226 e. The van der Waals surface area contributed by atoms with Crippen LogP contribution in [0.15, 0.2) is 63.6 Å². The van der Waals surface area contributed by atoms with Crippen molar-refractivity contribution in [2.24, 2.45) is 0 Å². The molecule has 1 aliphatic rings. The van der Waals surface area contributed by atoms with E-state index in [1.54, 1.807) is 19.2 Å². The van der Waals surface area contributed by atoms with Gasteiger partial charge in [0.05, 0.1) is 25.8 Å². The van der Waals surface area contributed by atoms with Gasteiger partial charge in [-0.1, -0.05) is 10.3 Å². The molecule has 0 saturated carbocycles. The minimum atomic E-state index is -0.203. The topological polar surface area (TPSA) is 109 Å². The van der Waals surface area contributed by atoms with Crippen molar-refractivity contribution < 1.29 is 28.1 Å². The van der Waals surface area contributed by atoms with Gasteiger partial charge in [-0.25, -0.2) is 0 Å². The molecular formula is C24H21N3O6. The van der Waals surface area contributed by atoms with E-state index in [0.717, 1.165) is 16.9 Å². The van der Waals surface area contributed by atoms with Gasteiger partial charge in [-0.2, -0.15) is 0 Å². The predicted octanol–water partition coefficient (Wildman–Crippen LogP) is 3.64. The Bertz CT molecular complexity index is 1260. The number of hydrogen-bond donors (Lipinski definition) is 1.